The van der Waals surface area contributed by atoms with Gasteiger partial charge in [0, 0.05) is 18.7 Å². The van der Waals surface area contributed by atoms with Crippen LogP contribution in [0.15, 0.2) is 47.4 Å². The maximum atomic E-state index is 13.9. The second-order valence-electron chi connectivity index (χ2n) is 6.82. The highest BCUT2D eigenvalue weighted by atomic mass is 35.5. The first kappa shape index (κ1) is 20.8. The number of nitrogens with one attached hydrogen (secondary N) is 1. The van der Waals surface area contributed by atoms with Crippen LogP contribution in [0.4, 0.5) is 4.39 Å². The summed E-state index contributed by atoms with van der Waals surface area (Å²) in [5.41, 5.74) is 0.381. The molecule has 0 unspecified atom stereocenters. The number of sulfonamides is 1. The molecule has 28 heavy (non-hydrogen) atoms. The number of benzene rings is 2. The van der Waals surface area contributed by atoms with Gasteiger partial charge in [0.2, 0.25) is 10.0 Å². The zero-order valence-electron chi connectivity index (χ0n) is 15.5. The van der Waals surface area contributed by atoms with E-state index in [-0.39, 0.29) is 15.5 Å². The molecule has 1 saturated heterocycles. The van der Waals surface area contributed by atoms with Crippen molar-refractivity contribution < 1.29 is 17.6 Å². The summed E-state index contributed by atoms with van der Waals surface area (Å²) >= 11 is 6.14. The van der Waals surface area contributed by atoms with E-state index in [1.54, 1.807) is 25.1 Å². The molecule has 0 aliphatic carbocycles. The van der Waals surface area contributed by atoms with Crippen molar-refractivity contribution in [3.63, 3.8) is 0 Å². The number of hydrogen-bond donors (Lipinski definition) is 1. The molecule has 0 saturated carbocycles. The van der Waals surface area contributed by atoms with E-state index >= 15 is 0 Å². The van der Waals surface area contributed by atoms with E-state index in [2.05, 4.69) is 5.32 Å². The molecule has 1 aliphatic rings. The molecule has 1 heterocycles. The summed E-state index contributed by atoms with van der Waals surface area (Å²) < 4.78 is 41.1. The smallest absolute Gasteiger partial charge is 0.253 e. The SMILES string of the molecule is C[C@@H](NC(=O)c1cc(S(=O)(=O)N2CCCCC2)ccc1Cl)c1ccccc1F. The van der Waals surface area contributed by atoms with Gasteiger partial charge in [-0.25, -0.2) is 12.8 Å². The number of hydrogen-bond acceptors (Lipinski definition) is 3. The minimum atomic E-state index is -3.69. The molecule has 0 radical (unpaired) electrons. The molecule has 2 aromatic carbocycles. The van der Waals surface area contributed by atoms with E-state index < -0.39 is 27.8 Å². The lowest BCUT2D eigenvalue weighted by Gasteiger charge is -2.26. The summed E-state index contributed by atoms with van der Waals surface area (Å²) in [4.78, 5) is 12.7. The van der Waals surface area contributed by atoms with Gasteiger partial charge in [-0.3, -0.25) is 4.79 Å². The number of carbonyl (C=O) groups is 1. The first-order valence-electron chi connectivity index (χ1n) is 9.15. The van der Waals surface area contributed by atoms with Crippen molar-refractivity contribution in [1.29, 1.82) is 0 Å². The van der Waals surface area contributed by atoms with Crippen molar-refractivity contribution in [2.75, 3.05) is 13.1 Å². The maximum absolute atomic E-state index is 13.9. The van der Waals surface area contributed by atoms with E-state index in [0.29, 0.717) is 18.7 Å². The molecule has 5 nitrogen and oxygen atoms in total. The monoisotopic (exact) mass is 424 g/mol. The number of piperidine rings is 1. The minimum Gasteiger partial charge on any atom is -0.345 e. The standard InChI is InChI=1S/C20H22ClFN2O3S/c1-14(16-7-3-4-8-19(16)22)23-20(25)17-13-15(9-10-18(17)21)28(26,27)24-11-5-2-6-12-24/h3-4,7-10,13-14H,2,5-6,11-12H2,1H3,(H,23,25)/t14-/m1/s1. The lowest BCUT2D eigenvalue weighted by molar-refractivity contribution is 0.0939. The predicted molar refractivity (Wildman–Crippen MR) is 106 cm³/mol. The van der Waals surface area contributed by atoms with Crippen LogP contribution in [0.5, 0.6) is 0 Å². The molecule has 0 aromatic heterocycles. The quantitative estimate of drug-likeness (QED) is 0.784. The first-order chi connectivity index (χ1) is 13.3. The molecular weight excluding hydrogens is 403 g/mol. The molecule has 150 valence electrons. The molecule has 3 rings (SSSR count). The second kappa shape index (κ2) is 8.59. The van der Waals surface area contributed by atoms with Crippen LogP contribution in [-0.4, -0.2) is 31.7 Å². The summed E-state index contributed by atoms with van der Waals surface area (Å²) in [7, 11) is -3.69. The molecule has 0 bridgehead atoms. The van der Waals surface area contributed by atoms with Crippen LogP contribution in [0.1, 0.15) is 48.1 Å². The second-order valence-corrected chi connectivity index (χ2v) is 9.17. The normalized spacial score (nSPS) is 16.5. The third-order valence-corrected chi connectivity index (χ3v) is 7.08. The molecule has 8 heteroatoms. The van der Waals surface area contributed by atoms with Gasteiger partial charge in [-0.05, 0) is 44.0 Å². The van der Waals surface area contributed by atoms with Gasteiger partial charge < -0.3 is 5.32 Å². The Balaban J connectivity index is 1.85. The number of nitrogens with zero attached hydrogens (tertiary/aromatic N) is 1. The van der Waals surface area contributed by atoms with Gasteiger partial charge in [0.15, 0.2) is 0 Å². The molecule has 1 amide bonds. The van der Waals surface area contributed by atoms with Crippen LogP contribution in [0, 0.1) is 5.82 Å². The molecule has 1 fully saturated rings. The topological polar surface area (TPSA) is 66.5 Å². The Morgan fingerprint density at radius 2 is 1.82 bits per heavy atom. The zero-order valence-corrected chi connectivity index (χ0v) is 17.1. The molecule has 1 N–H and O–H groups in total. The van der Waals surface area contributed by atoms with Gasteiger partial charge in [0.25, 0.3) is 5.91 Å². The van der Waals surface area contributed by atoms with Crippen molar-refractivity contribution in [1.82, 2.24) is 9.62 Å². The summed E-state index contributed by atoms with van der Waals surface area (Å²) in [5, 5.41) is 2.82. The number of amides is 1. The van der Waals surface area contributed by atoms with Crippen molar-refractivity contribution in [2.45, 2.75) is 37.1 Å². The molecule has 1 atom stereocenters. The Morgan fingerprint density at radius 1 is 1.14 bits per heavy atom. The van der Waals surface area contributed by atoms with Crippen LogP contribution < -0.4 is 5.32 Å². The van der Waals surface area contributed by atoms with Crippen LogP contribution in [0.2, 0.25) is 5.02 Å². The fraction of sp³-hybridized carbons (Fsp3) is 0.350. The highest BCUT2D eigenvalue weighted by molar-refractivity contribution is 7.89. The van der Waals surface area contributed by atoms with E-state index in [4.69, 9.17) is 11.6 Å². The van der Waals surface area contributed by atoms with Crippen molar-refractivity contribution in [3.8, 4) is 0 Å². The van der Waals surface area contributed by atoms with Gasteiger partial charge in [0.05, 0.1) is 21.5 Å². The Bertz CT molecular complexity index is 975. The van der Waals surface area contributed by atoms with Crippen LogP contribution in [0.25, 0.3) is 0 Å². The summed E-state index contributed by atoms with van der Waals surface area (Å²) in [5.74, 6) is -0.987. The highest BCUT2D eigenvalue weighted by Crippen LogP contribution is 2.26. The van der Waals surface area contributed by atoms with Gasteiger partial charge in [-0.1, -0.05) is 36.2 Å². The fourth-order valence-electron chi connectivity index (χ4n) is 3.27. The van der Waals surface area contributed by atoms with Gasteiger partial charge in [-0.15, -0.1) is 0 Å². The predicted octanol–water partition coefficient (Wildman–Crippen LogP) is 4.14. The lowest BCUT2D eigenvalue weighted by Crippen LogP contribution is -2.35. The Labute approximate surface area is 169 Å². The zero-order chi connectivity index (χ0) is 20.3. The van der Waals surface area contributed by atoms with E-state index in [9.17, 15) is 17.6 Å². The molecular formula is C20H22ClFN2O3S. The van der Waals surface area contributed by atoms with E-state index in [0.717, 1.165) is 19.3 Å². The average molecular weight is 425 g/mol. The number of carbonyl (C=O) groups excluding carboxylic acids is 1. The average Bonchev–Trinajstić information content (AvgIpc) is 2.69. The number of halogens is 2. The van der Waals surface area contributed by atoms with Crippen LogP contribution in [-0.2, 0) is 10.0 Å². The third-order valence-electron chi connectivity index (χ3n) is 4.85. The van der Waals surface area contributed by atoms with E-state index in [1.807, 2.05) is 0 Å². The Kier molecular flexibility index (Phi) is 6.37. The highest BCUT2D eigenvalue weighted by Gasteiger charge is 2.27. The molecule has 1 aliphatic heterocycles. The van der Waals surface area contributed by atoms with E-state index in [1.165, 1.54) is 28.6 Å². The third kappa shape index (κ3) is 4.37. The van der Waals surface area contributed by atoms with Crippen LogP contribution >= 0.6 is 11.6 Å². The maximum Gasteiger partial charge on any atom is 0.253 e. The fourth-order valence-corrected chi connectivity index (χ4v) is 5.02. The Hall–Kier alpha value is -1.96. The lowest BCUT2D eigenvalue weighted by atomic mass is 10.1. The van der Waals surface area contributed by atoms with Gasteiger partial charge in [-0.2, -0.15) is 4.31 Å². The Morgan fingerprint density at radius 3 is 2.50 bits per heavy atom. The van der Waals surface area contributed by atoms with Crippen LogP contribution in [0.3, 0.4) is 0 Å². The van der Waals surface area contributed by atoms with Crippen molar-refractivity contribution in [2.24, 2.45) is 0 Å². The minimum absolute atomic E-state index is 0.0301. The number of rotatable bonds is 5. The molecule has 2 aromatic rings. The molecule has 0 spiro atoms. The van der Waals surface area contributed by atoms with Crippen molar-refractivity contribution in [3.05, 3.63) is 64.4 Å². The summed E-state index contributed by atoms with van der Waals surface area (Å²) in [6.07, 6.45) is 2.65. The summed E-state index contributed by atoms with van der Waals surface area (Å²) in [6.45, 7) is 2.59. The van der Waals surface area contributed by atoms with Crippen molar-refractivity contribution >= 4 is 27.5 Å². The largest absolute Gasteiger partial charge is 0.345 e. The van der Waals surface area contributed by atoms with Gasteiger partial charge in [0.1, 0.15) is 5.82 Å². The van der Waals surface area contributed by atoms with Gasteiger partial charge >= 0.3 is 0 Å². The first-order valence-corrected chi connectivity index (χ1v) is 11.0. The summed E-state index contributed by atoms with van der Waals surface area (Å²) in [6, 6.07) is 9.64.